The first-order chi connectivity index (χ1) is 20.6. The number of nitrogens with zero attached hydrogens (tertiary/aromatic N) is 1. The van der Waals surface area contributed by atoms with Crippen molar-refractivity contribution in [2.45, 2.75) is 118 Å². The first kappa shape index (κ1) is 45.1. The summed E-state index contributed by atoms with van der Waals surface area (Å²) in [6, 6.07) is 0.133. The second-order valence-corrected chi connectivity index (χ2v) is 12.5. The maximum Gasteiger partial charge on any atom is 0.414 e. The van der Waals surface area contributed by atoms with Gasteiger partial charge in [0.05, 0.1) is 0 Å². The van der Waals surface area contributed by atoms with Gasteiger partial charge in [-0.25, -0.2) is 19.2 Å². The summed E-state index contributed by atoms with van der Waals surface area (Å²) in [4.78, 5) is 70.4. The fourth-order valence-corrected chi connectivity index (χ4v) is 2.82. The molecule has 1 atom stereocenters. The molecule has 0 fully saturated rings. The van der Waals surface area contributed by atoms with Crippen LogP contribution in [0.4, 0.5) is 14.4 Å². The van der Waals surface area contributed by atoms with Crippen molar-refractivity contribution in [1.82, 2.24) is 26.6 Å². The first-order valence-electron chi connectivity index (χ1n) is 14.4. The minimum Gasteiger partial charge on any atom is -0.528 e. The molecule has 270 valence electrons. The molecule has 0 bridgehead atoms. The van der Waals surface area contributed by atoms with Crippen molar-refractivity contribution in [1.29, 1.82) is 0 Å². The zero-order chi connectivity index (χ0) is 35.3. The van der Waals surface area contributed by atoms with Crippen LogP contribution in [-0.4, -0.2) is 84.1 Å². The fraction of sp³-hybridized carbons (Fsp3) is 0.690. The van der Waals surface area contributed by atoms with Crippen molar-refractivity contribution >= 4 is 43.0 Å². The molecule has 17 heteroatoms. The molecule has 5 amide bonds. The Kier molecular flexibility index (Phi) is 21.7. The van der Waals surface area contributed by atoms with Gasteiger partial charge in [0.25, 0.3) is 0 Å². The van der Waals surface area contributed by atoms with Crippen molar-refractivity contribution in [2.24, 2.45) is 4.99 Å². The fourth-order valence-electron chi connectivity index (χ4n) is 2.82. The molecule has 1 unspecified atom stereocenters. The number of hydrogen-bond acceptors (Lipinski definition) is 10. The predicted molar refractivity (Wildman–Crippen MR) is 167 cm³/mol. The van der Waals surface area contributed by atoms with Crippen LogP contribution >= 0.6 is 0 Å². The molecule has 16 nitrogen and oxygen atoms in total. The Balaban J connectivity index is -0.000000882. The number of unbranched alkanes of at least 4 members (excludes halogenated alkanes) is 1. The zero-order valence-electron chi connectivity index (χ0n) is 28.3. The molecule has 0 aromatic rings. The average Bonchev–Trinajstić information content (AvgIpc) is 2.82. The van der Waals surface area contributed by atoms with Gasteiger partial charge in [0.2, 0.25) is 12.4 Å². The Morgan fingerprint density at radius 1 is 0.848 bits per heavy atom. The van der Waals surface area contributed by atoms with E-state index in [1.54, 1.807) is 48.0 Å². The summed E-state index contributed by atoms with van der Waals surface area (Å²) >= 11 is 0. The van der Waals surface area contributed by atoms with Crippen LogP contribution in [0.15, 0.2) is 16.8 Å². The second-order valence-electron chi connectivity index (χ2n) is 12.5. The summed E-state index contributed by atoms with van der Waals surface area (Å²) in [6.45, 7) is 18.0. The molecule has 0 aromatic carbocycles. The van der Waals surface area contributed by atoms with Crippen LogP contribution in [-0.2, 0) is 28.6 Å². The van der Waals surface area contributed by atoms with Gasteiger partial charge in [-0.15, -0.1) is 0 Å². The molecular weight excluding hydrogens is 849 g/mol. The Hall–Kier alpha value is -5.37. The van der Waals surface area contributed by atoms with Crippen LogP contribution in [0.1, 0.15) is 94.9 Å². The van der Waals surface area contributed by atoms with Gasteiger partial charge in [-0.2, -0.15) is 6.41 Å². The number of guanidine groups is 1. The van der Waals surface area contributed by atoms with E-state index in [9.17, 15) is 28.8 Å². The number of carbonyl (C=O) groups excluding carboxylic acids is 5. The molecule has 0 heterocycles. The van der Waals surface area contributed by atoms with E-state index in [1.165, 1.54) is 6.08 Å². The van der Waals surface area contributed by atoms with Crippen LogP contribution in [0.5, 0.6) is 0 Å². The minimum atomic E-state index is -1.31. The first-order valence-corrected chi connectivity index (χ1v) is 14.4. The van der Waals surface area contributed by atoms with Gasteiger partial charge >= 0.3 is 24.2 Å². The second kappa shape index (κ2) is 22.2. The van der Waals surface area contributed by atoms with Gasteiger partial charge in [-0.05, 0) is 101 Å². The summed E-state index contributed by atoms with van der Waals surface area (Å²) in [5, 5.41) is 20.8. The number of aliphatic carboxylic acids is 1. The van der Waals surface area contributed by atoms with E-state index in [1.807, 2.05) is 33.0 Å². The third kappa shape index (κ3) is 30.1. The van der Waals surface area contributed by atoms with Gasteiger partial charge in [-0.1, -0.05) is 6.08 Å². The van der Waals surface area contributed by atoms with Crippen molar-refractivity contribution in [3.8, 4) is 0 Å². The van der Waals surface area contributed by atoms with E-state index >= 15 is 0 Å². The number of ether oxygens (including phenoxy) is 3. The monoisotopic (exact) mass is 900 g/mol. The summed E-state index contributed by atoms with van der Waals surface area (Å²) in [7, 11) is 0. The number of hydrogen-bond donors (Lipinski definition) is 6. The number of alkyl carbamates (subject to hydrolysis) is 3. The van der Waals surface area contributed by atoms with Gasteiger partial charge < -0.3 is 40.1 Å². The molecule has 0 rings (SSSR count). The molecule has 0 aromatic heterocycles. The van der Waals surface area contributed by atoms with E-state index in [0.717, 1.165) is 19.3 Å². The van der Waals surface area contributed by atoms with Gasteiger partial charge in [-0.3, -0.25) is 20.4 Å². The Labute approximate surface area is 265 Å². The summed E-state index contributed by atoms with van der Waals surface area (Å²) in [5.41, 5.74) is -2.30. The van der Waals surface area contributed by atoms with Crippen LogP contribution in [0.2, 0.25) is 0 Å². The molecule has 0 spiro atoms. The van der Waals surface area contributed by atoms with E-state index in [0.29, 0.717) is 6.54 Å². The number of nitrogens with one attached hydrogen (secondary N) is 5. The largest absolute Gasteiger partial charge is 0.528 e. The quantitative estimate of drug-likeness (QED) is 0.0232. The molecule has 6 N–H and O–H groups in total. The van der Waals surface area contributed by atoms with Crippen LogP contribution in [0, 0.1) is 0 Å². The smallest absolute Gasteiger partial charge is 0.414 e. The predicted octanol–water partition coefficient (Wildman–Crippen LogP) is 3.22. The number of carbonyl (C=O) groups is 5. The number of rotatable bonds is 13. The van der Waals surface area contributed by atoms with Crippen LogP contribution < -0.4 is 26.6 Å². The maximum atomic E-state index is 11.9. The van der Waals surface area contributed by atoms with Crippen molar-refractivity contribution in [3.63, 3.8) is 0 Å². The van der Waals surface area contributed by atoms with Crippen molar-refractivity contribution < 1.29 is 48.1 Å². The normalized spacial score (nSPS) is 11.8. The van der Waals surface area contributed by atoms with Crippen molar-refractivity contribution in [2.75, 3.05) is 13.1 Å². The van der Waals surface area contributed by atoms with Gasteiger partial charge in [0, 0.05) is 13.1 Å². The SMILES string of the molecule is CC(C)(C)OC(=O)NC(=NCC/C=C(\NC=O)C(=O)O)NC(=O)OC(C)(C)C.CC(CCCCNC(=O)OC(C)(C)C)N[C-]=O.[Fm]. The molecule has 0 aliphatic rings. The average molecular weight is 901 g/mol. The summed E-state index contributed by atoms with van der Waals surface area (Å²) < 4.78 is 15.3. The molecular formula is C29H51FmN6O10-. The van der Waals surface area contributed by atoms with Gasteiger partial charge in [0.1, 0.15) is 22.5 Å². The Bertz CT molecular complexity index is 999. The Morgan fingerprint density at radius 2 is 1.33 bits per heavy atom. The van der Waals surface area contributed by atoms with Crippen LogP contribution in [0.3, 0.4) is 0 Å². The minimum absolute atomic E-state index is 0. The third-order valence-corrected chi connectivity index (χ3v) is 4.47. The molecule has 0 saturated carbocycles. The van der Waals surface area contributed by atoms with Gasteiger partial charge in [0.15, 0.2) is 0 Å². The molecule has 0 saturated heterocycles. The number of carboxylic acids is 1. The van der Waals surface area contributed by atoms with Crippen molar-refractivity contribution in [3.05, 3.63) is 11.8 Å². The number of amides is 5. The Morgan fingerprint density at radius 3 is 1.74 bits per heavy atom. The van der Waals surface area contributed by atoms with Crippen LogP contribution in [0.25, 0.3) is 0 Å². The van der Waals surface area contributed by atoms with E-state index in [2.05, 4.69) is 26.3 Å². The maximum absolute atomic E-state index is 11.9. The third-order valence-electron chi connectivity index (χ3n) is 4.47. The zero-order valence-corrected chi connectivity index (χ0v) is 30.7. The topological polar surface area (TPSA) is 223 Å². The summed E-state index contributed by atoms with van der Waals surface area (Å²) in [6.07, 6.45) is 3.86. The molecule has 0 aliphatic carbocycles. The van der Waals surface area contributed by atoms with E-state index < -0.39 is 35.0 Å². The number of aliphatic imine (C=N–C) groups is 1. The summed E-state index contributed by atoms with van der Waals surface area (Å²) in [5.74, 6) is -1.54. The van der Waals surface area contributed by atoms with E-state index in [4.69, 9.17) is 19.3 Å². The standard InChI is InChI=1S/C17H28N4O7.C12H23N2O3.Fm/c1-16(2,3)27-14(25)20-13(21-15(26)28-17(4,5)6)18-9-7-8-11(12(23)24)19-10-22;1-10(14-9-15)7-5-6-8-13-11(16)17-12(2,3)4;/h8,10H,7,9H2,1-6H3,(H,19,22)(H,23,24)(H2,18,20,21,25,26);10H,5-8H2,1-4H3,(H,13,16)(H,14,15);/q;-1;/b11-8-;;. The molecule has 0 radical (unpaired) electrons. The molecule has 46 heavy (non-hydrogen) atoms. The number of carboxylic acid groups (broad SMARTS) is 1. The molecule has 0 aliphatic heterocycles. The van der Waals surface area contributed by atoms with E-state index in [-0.39, 0.29) is 43.2 Å².